The highest BCUT2D eigenvalue weighted by Crippen LogP contribution is 2.42. The van der Waals surface area contributed by atoms with Crippen LogP contribution in [0.25, 0.3) is 0 Å². The van der Waals surface area contributed by atoms with Crippen molar-refractivity contribution in [1.82, 2.24) is 0 Å². The number of ether oxygens (including phenoxy) is 5. The molecule has 2 aromatic carbocycles. The molecule has 0 amide bonds. The molecule has 1 aliphatic heterocycles. The van der Waals surface area contributed by atoms with Crippen molar-refractivity contribution in [3.8, 4) is 28.7 Å². The zero-order chi connectivity index (χ0) is 19.6. The molecule has 0 fully saturated rings. The Morgan fingerprint density at radius 2 is 1.48 bits per heavy atom. The number of Topliss-reactive ketones (excluding diaryl/α,β-unsaturated/α-hetero) is 1. The van der Waals surface area contributed by atoms with Gasteiger partial charge in [-0.1, -0.05) is 0 Å². The number of rotatable bonds is 4. The van der Waals surface area contributed by atoms with Gasteiger partial charge in [-0.15, -0.1) is 0 Å². The molecular weight excluding hydrogens is 352 g/mol. The largest absolute Gasteiger partial charge is 0.493 e. The summed E-state index contributed by atoms with van der Waals surface area (Å²) in [7, 11) is 5.92. The summed E-state index contributed by atoms with van der Waals surface area (Å²) in [5.41, 5.74) is 1.17. The maximum atomic E-state index is 13.3. The average Bonchev–Trinajstić information content (AvgIpc) is 2.74. The van der Waals surface area contributed by atoms with E-state index in [9.17, 15) is 9.59 Å². The van der Waals surface area contributed by atoms with Gasteiger partial charge in [-0.3, -0.25) is 9.59 Å². The Morgan fingerprint density at radius 3 is 2.11 bits per heavy atom. The Bertz CT molecular complexity index is 902. The highest BCUT2D eigenvalue weighted by molar-refractivity contribution is 6.13. The second kappa shape index (κ2) is 7.57. The number of hydrogen-bond donors (Lipinski definition) is 0. The molecule has 7 nitrogen and oxygen atoms in total. The molecule has 0 atom stereocenters. The van der Waals surface area contributed by atoms with Crippen LogP contribution in [0, 0.1) is 0 Å². The summed E-state index contributed by atoms with van der Waals surface area (Å²) in [6.07, 6.45) is 0.0366. The van der Waals surface area contributed by atoms with Crippen molar-refractivity contribution in [3.05, 3.63) is 41.0 Å². The predicted octanol–water partition coefficient (Wildman–Crippen LogP) is 2.46. The second-order valence-electron chi connectivity index (χ2n) is 5.88. The van der Waals surface area contributed by atoms with Gasteiger partial charge in [0.05, 0.1) is 34.0 Å². The number of ketones is 2. The lowest BCUT2D eigenvalue weighted by molar-refractivity contribution is -0.120. The van der Waals surface area contributed by atoms with E-state index in [1.807, 2.05) is 0 Å². The van der Waals surface area contributed by atoms with E-state index in [0.29, 0.717) is 28.4 Å². The number of carbonyl (C=O) groups is 2. The number of methoxy groups -OCH3 is 4. The molecule has 0 spiro atoms. The second-order valence-corrected chi connectivity index (χ2v) is 5.88. The van der Waals surface area contributed by atoms with E-state index in [0.717, 1.165) is 0 Å². The van der Waals surface area contributed by atoms with Crippen molar-refractivity contribution in [1.29, 1.82) is 0 Å². The van der Waals surface area contributed by atoms with Crippen LogP contribution in [0.4, 0.5) is 0 Å². The molecular formula is C20H20O7. The summed E-state index contributed by atoms with van der Waals surface area (Å²) in [4.78, 5) is 25.7. The minimum absolute atomic E-state index is 0.0366. The highest BCUT2D eigenvalue weighted by Gasteiger charge is 2.28. The van der Waals surface area contributed by atoms with Crippen LogP contribution < -0.4 is 23.7 Å². The van der Waals surface area contributed by atoms with Gasteiger partial charge >= 0.3 is 0 Å². The van der Waals surface area contributed by atoms with Crippen molar-refractivity contribution in [2.24, 2.45) is 0 Å². The summed E-state index contributed by atoms with van der Waals surface area (Å²) >= 11 is 0. The first kappa shape index (κ1) is 18.6. The Morgan fingerprint density at radius 1 is 0.815 bits per heavy atom. The molecule has 0 radical (unpaired) electrons. The molecule has 0 N–H and O–H groups in total. The standard InChI is InChI=1S/C20H20O7/c1-23-15-6-5-13-18(22)14-9-17(25-3)16(24-2)8-11(14)7-12(21)10-27-19(13)20(15)26-4/h5-6,8-9H,7,10H2,1-4H3. The van der Waals surface area contributed by atoms with Crippen LogP contribution >= 0.6 is 0 Å². The van der Waals surface area contributed by atoms with Gasteiger partial charge < -0.3 is 23.7 Å². The zero-order valence-electron chi connectivity index (χ0n) is 15.6. The van der Waals surface area contributed by atoms with Crippen molar-refractivity contribution in [2.75, 3.05) is 35.0 Å². The van der Waals surface area contributed by atoms with Gasteiger partial charge in [0.1, 0.15) is 6.61 Å². The fourth-order valence-electron chi connectivity index (χ4n) is 3.06. The first-order valence-corrected chi connectivity index (χ1v) is 8.23. The Kier molecular flexibility index (Phi) is 5.21. The molecule has 142 valence electrons. The lowest BCUT2D eigenvalue weighted by Gasteiger charge is -2.16. The normalized spacial score (nSPS) is 13.3. The van der Waals surface area contributed by atoms with E-state index in [1.54, 1.807) is 24.3 Å². The molecule has 7 heteroatoms. The third-order valence-electron chi connectivity index (χ3n) is 4.36. The van der Waals surface area contributed by atoms with Crippen LogP contribution in [0.5, 0.6) is 28.7 Å². The van der Waals surface area contributed by atoms with E-state index in [2.05, 4.69) is 0 Å². The molecule has 27 heavy (non-hydrogen) atoms. The zero-order valence-corrected chi connectivity index (χ0v) is 15.6. The van der Waals surface area contributed by atoms with Gasteiger partial charge in [0, 0.05) is 12.0 Å². The van der Waals surface area contributed by atoms with Crippen LogP contribution in [0.2, 0.25) is 0 Å². The van der Waals surface area contributed by atoms with Gasteiger partial charge in [-0.05, 0) is 29.8 Å². The molecule has 0 bridgehead atoms. The molecule has 3 rings (SSSR count). The monoisotopic (exact) mass is 372 g/mol. The molecule has 1 aliphatic rings. The van der Waals surface area contributed by atoms with E-state index in [-0.39, 0.29) is 41.7 Å². The van der Waals surface area contributed by atoms with Crippen LogP contribution in [0.15, 0.2) is 24.3 Å². The van der Waals surface area contributed by atoms with Gasteiger partial charge in [0.15, 0.2) is 34.6 Å². The Balaban J connectivity index is 2.26. The first-order chi connectivity index (χ1) is 13.0. The average molecular weight is 372 g/mol. The van der Waals surface area contributed by atoms with E-state index in [4.69, 9.17) is 23.7 Å². The fraction of sp³-hybridized carbons (Fsp3) is 0.300. The number of hydrogen-bond acceptors (Lipinski definition) is 7. The minimum Gasteiger partial charge on any atom is -0.493 e. The van der Waals surface area contributed by atoms with E-state index >= 15 is 0 Å². The maximum Gasteiger partial charge on any atom is 0.204 e. The van der Waals surface area contributed by atoms with E-state index < -0.39 is 0 Å². The van der Waals surface area contributed by atoms with Gasteiger partial charge in [-0.2, -0.15) is 0 Å². The van der Waals surface area contributed by atoms with Gasteiger partial charge in [0.25, 0.3) is 0 Å². The summed E-state index contributed by atoms with van der Waals surface area (Å²) in [6.45, 7) is -0.197. The van der Waals surface area contributed by atoms with Gasteiger partial charge in [-0.25, -0.2) is 0 Å². The SMILES string of the molecule is COc1cc2c(cc1OC)C(=O)c1ccc(OC)c(OC)c1OCC(=O)C2. The molecule has 0 saturated carbocycles. The molecule has 0 aromatic heterocycles. The van der Waals surface area contributed by atoms with Crippen molar-refractivity contribution in [2.45, 2.75) is 6.42 Å². The maximum absolute atomic E-state index is 13.3. The van der Waals surface area contributed by atoms with Crippen molar-refractivity contribution in [3.63, 3.8) is 0 Å². The molecule has 0 aliphatic carbocycles. The third-order valence-corrected chi connectivity index (χ3v) is 4.36. The predicted molar refractivity (Wildman–Crippen MR) is 96.7 cm³/mol. The molecule has 0 saturated heterocycles. The Labute approximate surface area is 156 Å². The number of carbonyl (C=O) groups excluding carboxylic acids is 2. The van der Waals surface area contributed by atoms with Crippen LogP contribution in [-0.2, 0) is 11.2 Å². The first-order valence-electron chi connectivity index (χ1n) is 8.23. The number of benzene rings is 2. The smallest absolute Gasteiger partial charge is 0.204 e. The fourth-order valence-corrected chi connectivity index (χ4v) is 3.06. The highest BCUT2D eigenvalue weighted by atomic mass is 16.5. The van der Waals surface area contributed by atoms with Crippen LogP contribution in [0.1, 0.15) is 21.5 Å². The van der Waals surface area contributed by atoms with E-state index in [1.165, 1.54) is 28.4 Å². The molecule has 1 heterocycles. The quantitative estimate of drug-likeness (QED) is 0.815. The lowest BCUT2D eigenvalue weighted by atomic mass is 9.94. The van der Waals surface area contributed by atoms with Crippen molar-refractivity contribution >= 4 is 11.6 Å². The lowest BCUT2D eigenvalue weighted by Crippen LogP contribution is -2.14. The summed E-state index contributed by atoms with van der Waals surface area (Å²) in [5.74, 6) is 1.20. The van der Waals surface area contributed by atoms with Crippen LogP contribution in [0.3, 0.4) is 0 Å². The summed E-state index contributed by atoms with van der Waals surface area (Å²) in [5, 5.41) is 0. The van der Waals surface area contributed by atoms with Crippen LogP contribution in [-0.4, -0.2) is 46.6 Å². The van der Waals surface area contributed by atoms with Gasteiger partial charge in [0.2, 0.25) is 5.75 Å². The molecule has 0 unspecified atom stereocenters. The molecule has 2 aromatic rings. The number of fused-ring (bicyclic) bond motifs is 2. The Hall–Kier alpha value is -3.22. The summed E-state index contributed by atoms with van der Waals surface area (Å²) < 4.78 is 26.9. The third kappa shape index (κ3) is 3.28. The minimum atomic E-state index is -0.309. The summed E-state index contributed by atoms with van der Waals surface area (Å²) in [6, 6.07) is 6.44. The topological polar surface area (TPSA) is 80.3 Å². The van der Waals surface area contributed by atoms with Crippen molar-refractivity contribution < 1.29 is 33.3 Å².